The van der Waals surface area contributed by atoms with Crippen LogP contribution in [0.3, 0.4) is 0 Å². The van der Waals surface area contributed by atoms with E-state index in [-0.39, 0.29) is 30.3 Å². The molecule has 0 radical (unpaired) electrons. The highest BCUT2D eigenvalue weighted by molar-refractivity contribution is 5.96. The van der Waals surface area contributed by atoms with E-state index in [1.165, 1.54) is 6.07 Å². The molecule has 11 heteroatoms. The van der Waals surface area contributed by atoms with Crippen molar-refractivity contribution in [1.82, 2.24) is 20.5 Å². The van der Waals surface area contributed by atoms with Gasteiger partial charge < -0.3 is 20.5 Å². The zero-order valence-corrected chi connectivity index (χ0v) is 24.1. The Morgan fingerprint density at radius 1 is 1.09 bits per heavy atom. The van der Waals surface area contributed by atoms with E-state index in [1.807, 2.05) is 37.3 Å². The number of hydrogen-bond donors (Lipinski definition) is 3. The van der Waals surface area contributed by atoms with E-state index in [4.69, 9.17) is 4.74 Å². The van der Waals surface area contributed by atoms with E-state index in [0.29, 0.717) is 32.5 Å². The van der Waals surface area contributed by atoms with Gasteiger partial charge >= 0.3 is 6.18 Å². The summed E-state index contributed by atoms with van der Waals surface area (Å²) >= 11 is 0. The van der Waals surface area contributed by atoms with Crippen LogP contribution in [0.5, 0.6) is 0 Å². The maximum atomic E-state index is 13.0. The van der Waals surface area contributed by atoms with Gasteiger partial charge in [0.05, 0.1) is 35.4 Å². The molecule has 2 aliphatic rings. The normalized spacial score (nSPS) is 24.6. The first kappa shape index (κ1) is 30.9. The van der Waals surface area contributed by atoms with Gasteiger partial charge in [0.25, 0.3) is 5.91 Å². The molecule has 2 aromatic carbocycles. The molecule has 8 nitrogen and oxygen atoms in total. The largest absolute Gasteiger partial charge is 0.416 e. The molecule has 43 heavy (non-hydrogen) atoms. The van der Waals surface area contributed by atoms with Crippen LogP contribution in [0.4, 0.5) is 13.2 Å². The van der Waals surface area contributed by atoms with Crippen LogP contribution in [0.1, 0.15) is 60.5 Å². The van der Waals surface area contributed by atoms with Gasteiger partial charge in [-0.1, -0.05) is 31.2 Å². The summed E-state index contributed by atoms with van der Waals surface area (Å²) in [7, 11) is 0. The van der Waals surface area contributed by atoms with Crippen LogP contribution >= 0.6 is 0 Å². The number of amides is 2. The summed E-state index contributed by atoms with van der Waals surface area (Å²) < 4.78 is 45.1. The minimum Gasteiger partial charge on any atom is -0.385 e. The summed E-state index contributed by atoms with van der Waals surface area (Å²) in [5.74, 6) is -1.20. The van der Waals surface area contributed by atoms with Crippen LogP contribution in [0.2, 0.25) is 0 Å². The number of rotatable bonds is 9. The van der Waals surface area contributed by atoms with Crippen molar-refractivity contribution in [1.29, 1.82) is 0 Å². The van der Waals surface area contributed by atoms with Gasteiger partial charge in [0.2, 0.25) is 5.91 Å². The van der Waals surface area contributed by atoms with E-state index < -0.39 is 29.2 Å². The number of ether oxygens (including phenoxy) is 1. The number of alkyl halides is 3. The fourth-order valence-corrected chi connectivity index (χ4v) is 6.25. The molecule has 2 heterocycles. The van der Waals surface area contributed by atoms with Gasteiger partial charge in [-0.15, -0.1) is 0 Å². The number of nitrogens with zero attached hydrogens (tertiary/aromatic N) is 2. The average Bonchev–Trinajstić information content (AvgIpc) is 3.40. The number of para-hydroxylation sites is 1. The second-order valence-corrected chi connectivity index (χ2v) is 11.4. The second-order valence-electron chi connectivity index (χ2n) is 11.4. The van der Waals surface area contributed by atoms with Gasteiger partial charge in [0.15, 0.2) is 0 Å². The van der Waals surface area contributed by atoms with Crippen LogP contribution in [0, 0.1) is 0 Å². The van der Waals surface area contributed by atoms with Gasteiger partial charge in [-0.2, -0.15) is 13.2 Å². The molecule has 5 rings (SSSR count). The Hall–Kier alpha value is -3.54. The Morgan fingerprint density at radius 3 is 2.60 bits per heavy atom. The molecule has 3 aromatic rings. The maximum Gasteiger partial charge on any atom is 0.416 e. The number of nitrogens with one attached hydrogen (secondary N) is 2. The molecule has 1 aliphatic heterocycles. The lowest BCUT2D eigenvalue weighted by molar-refractivity contribution is -0.137. The van der Waals surface area contributed by atoms with E-state index in [1.54, 1.807) is 6.20 Å². The second kappa shape index (κ2) is 13.0. The first-order valence-electron chi connectivity index (χ1n) is 14.7. The summed E-state index contributed by atoms with van der Waals surface area (Å²) in [4.78, 5) is 32.0. The zero-order valence-electron chi connectivity index (χ0n) is 24.1. The third-order valence-corrected chi connectivity index (χ3v) is 8.49. The van der Waals surface area contributed by atoms with Gasteiger partial charge in [-0.25, -0.2) is 0 Å². The molecule has 230 valence electrons. The Labute approximate surface area is 248 Å². The molecule has 2 amide bonds. The van der Waals surface area contributed by atoms with Crippen molar-refractivity contribution >= 4 is 22.7 Å². The lowest BCUT2D eigenvalue weighted by Crippen LogP contribution is -2.48. The molecule has 2 fully saturated rings. The molecule has 2 unspecified atom stereocenters. The van der Waals surface area contributed by atoms with E-state index >= 15 is 0 Å². The van der Waals surface area contributed by atoms with Crippen molar-refractivity contribution in [2.24, 2.45) is 0 Å². The highest BCUT2D eigenvalue weighted by atomic mass is 19.4. The highest BCUT2D eigenvalue weighted by Gasteiger charge is 2.42. The van der Waals surface area contributed by atoms with Crippen molar-refractivity contribution in [3.05, 3.63) is 77.5 Å². The minimum atomic E-state index is -4.57. The molecule has 1 saturated heterocycles. The van der Waals surface area contributed by atoms with Crippen molar-refractivity contribution in [3.63, 3.8) is 0 Å². The topological polar surface area (TPSA) is 104 Å². The third kappa shape index (κ3) is 7.17. The van der Waals surface area contributed by atoms with Gasteiger partial charge in [-0.05, 0) is 68.0 Å². The summed E-state index contributed by atoms with van der Waals surface area (Å²) in [6.45, 7) is 3.36. The standard InChI is InChI=1S/C32H37F3N4O4/c1-2-16-43-28-20-39(23-10-13-31(42,14-11-23)25-12-15-36-26-9-4-3-8-24(25)26)19-27(28)38-29(40)18-37-30(41)21-6-5-7-22(17-21)32(33,34)35/h3-9,12,15,17,23,27-28,42H,2,10-11,13-14,16,18-20H2,1H3,(H,37,41)(H,38,40). The van der Waals surface area contributed by atoms with Gasteiger partial charge in [0, 0.05) is 42.9 Å². The fourth-order valence-electron chi connectivity index (χ4n) is 6.25. The zero-order chi connectivity index (χ0) is 30.6. The number of fused-ring (bicyclic) bond motifs is 1. The molecule has 0 spiro atoms. The van der Waals surface area contributed by atoms with Crippen molar-refractivity contribution < 1.29 is 32.6 Å². The molecule has 2 atom stereocenters. The molecular formula is C32H37F3N4O4. The number of aromatic nitrogens is 1. The molecule has 0 bridgehead atoms. The Morgan fingerprint density at radius 2 is 1.86 bits per heavy atom. The van der Waals surface area contributed by atoms with Crippen LogP contribution < -0.4 is 10.6 Å². The number of aliphatic hydroxyl groups is 1. The van der Waals surface area contributed by atoms with Crippen molar-refractivity contribution in [2.45, 2.75) is 69.0 Å². The Bertz CT molecular complexity index is 1440. The predicted octanol–water partition coefficient (Wildman–Crippen LogP) is 4.41. The summed E-state index contributed by atoms with van der Waals surface area (Å²) in [6, 6.07) is 13.7. The molecular weight excluding hydrogens is 561 g/mol. The van der Waals surface area contributed by atoms with Crippen LogP contribution in [-0.4, -0.2) is 71.2 Å². The van der Waals surface area contributed by atoms with Crippen LogP contribution in [0.15, 0.2) is 60.8 Å². The number of carbonyl (C=O) groups excluding carboxylic acids is 2. The Kier molecular flexibility index (Phi) is 9.33. The van der Waals surface area contributed by atoms with Crippen LogP contribution in [-0.2, 0) is 21.3 Å². The van der Waals surface area contributed by atoms with Crippen molar-refractivity contribution in [3.8, 4) is 0 Å². The number of carbonyl (C=O) groups is 2. The monoisotopic (exact) mass is 598 g/mol. The number of benzene rings is 2. The van der Waals surface area contributed by atoms with Gasteiger partial charge in [0.1, 0.15) is 0 Å². The lowest BCUT2D eigenvalue weighted by Gasteiger charge is -2.40. The maximum absolute atomic E-state index is 13.0. The molecule has 1 saturated carbocycles. The molecule has 3 N–H and O–H groups in total. The summed E-state index contributed by atoms with van der Waals surface area (Å²) in [5, 5.41) is 18.0. The minimum absolute atomic E-state index is 0.171. The van der Waals surface area contributed by atoms with E-state index in [2.05, 4.69) is 20.5 Å². The quantitative estimate of drug-likeness (QED) is 0.337. The number of likely N-dealkylation sites (tertiary alicyclic amines) is 1. The summed E-state index contributed by atoms with van der Waals surface area (Å²) in [5.41, 5.74) is -0.282. The highest BCUT2D eigenvalue weighted by Crippen LogP contribution is 2.41. The van der Waals surface area contributed by atoms with E-state index in [9.17, 15) is 27.9 Å². The first-order valence-corrected chi connectivity index (χ1v) is 14.7. The third-order valence-electron chi connectivity index (χ3n) is 8.49. The average molecular weight is 599 g/mol. The van der Waals surface area contributed by atoms with Crippen molar-refractivity contribution in [2.75, 3.05) is 26.2 Å². The molecule has 1 aliphatic carbocycles. The lowest BCUT2D eigenvalue weighted by atomic mass is 9.76. The van der Waals surface area contributed by atoms with E-state index in [0.717, 1.165) is 53.9 Å². The number of pyridine rings is 1. The Balaban J connectivity index is 1.17. The smallest absolute Gasteiger partial charge is 0.385 e. The SMILES string of the molecule is CCCOC1CN(C2CCC(O)(c3ccnc4ccccc34)CC2)CC1NC(=O)CNC(=O)c1cccc(C(F)(F)F)c1. The summed E-state index contributed by atoms with van der Waals surface area (Å²) in [6.07, 6.45) is 0.506. The molecule has 1 aromatic heterocycles. The fraction of sp³-hybridized carbons (Fsp3) is 0.469. The number of halogens is 3. The number of hydrogen-bond acceptors (Lipinski definition) is 6. The first-order chi connectivity index (χ1) is 20.6. The predicted molar refractivity (Wildman–Crippen MR) is 155 cm³/mol. The van der Waals surface area contributed by atoms with Crippen LogP contribution in [0.25, 0.3) is 10.9 Å². The van der Waals surface area contributed by atoms with Gasteiger partial charge in [-0.3, -0.25) is 19.5 Å².